The van der Waals surface area contributed by atoms with Crippen LogP contribution in [0.2, 0.25) is 0 Å². The van der Waals surface area contributed by atoms with E-state index in [-0.39, 0.29) is 23.9 Å². The van der Waals surface area contributed by atoms with Crippen molar-refractivity contribution in [3.8, 4) is 0 Å². The lowest BCUT2D eigenvalue weighted by molar-refractivity contribution is 0.0984. The number of fused-ring (bicyclic) bond motifs is 1. The molecule has 2 aromatic rings. The van der Waals surface area contributed by atoms with Crippen molar-refractivity contribution < 1.29 is 4.79 Å². The first-order chi connectivity index (χ1) is 10.1. The van der Waals surface area contributed by atoms with Crippen LogP contribution in [0.15, 0.2) is 41.3 Å². The minimum atomic E-state index is -0.130. The van der Waals surface area contributed by atoms with Gasteiger partial charge in [-0.2, -0.15) is 0 Å². The summed E-state index contributed by atoms with van der Waals surface area (Å²) in [6, 6.07) is 8.63. The predicted molar refractivity (Wildman–Crippen MR) is 89.8 cm³/mol. The minimum absolute atomic E-state index is 0. The Kier molecular flexibility index (Phi) is 4.56. The van der Waals surface area contributed by atoms with Crippen LogP contribution in [0.3, 0.4) is 0 Å². The third kappa shape index (κ3) is 2.72. The Balaban J connectivity index is 0.00000176. The van der Waals surface area contributed by atoms with E-state index in [2.05, 4.69) is 0 Å². The Bertz CT molecular complexity index is 770. The van der Waals surface area contributed by atoms with Gasteiger partial charge in [0.05, 0.1) is 5.56 Å². The summed E-state index contributed by atoms with van der Waals surface area (Å²) in [6.07, 6.45) is 3.35. The average Bonchev–Trinajstić information content (AvgIpc) is 2.49. The molecule has 1 aromatic heterocycles. The fourth-order valence-electron chi connectivity index (χ4n) is 2.74. The topological polar surface area (TPSA) is 68.3 Å². The molecule has 3 rings (SSSR count). The molecule has 0 saturated heterocycles. The summed E-state index contributed by atoms with van der Waals surface area (Å²) in [5, 5.41) is 0. The maximum absolute atomic E-state index is 12.7. The van der Waals surface area contributed by atoms with Crippen molar-refractivity contribution in [1.29, 1.82) is 0 Å². The molecule has 0 atom stereocenters. The highest BCUT2D eigenvalue weighted by Crippen LogP contribution is 2.32. The quantitative estimate of drug-likeness (QED) is 0.817. The summed E-state index contributed by atoms with van der Waals surface area (Å²) in [7, 11) is 1.64. The van der Waals surface area contributed by atoms with Crippen LogP contribution in [-0.2, 0) is 13.5 Å². The van der Waals surface area contributed by atoms with E-state index in [0.29, 0.717) is 12.1 Å². The van der Waals surface area contributed by atoms with Crippen LogP contribution >= 0.6 is 12.4 Å². The molecule has 22 heavy (non-hydrogen) atoms. The first-order valence-corrected chi connectivity index (χ1v) is 6.94. The van der Waals surface area contributed by atoms with Gasteiger partial charge >= 0.3 is 0 Å². The monoisotopic (exact) mass is 319 g/mol. The Labute approximate surface area is 134 Å². The lowest BCUT2D eigenvalue weighted by atomic mass is 9.99. The standard InChI is InChI=1S/C16H17N3O2.ClH/c1-18-10-11(7-8-15(18)20)16(21)19-9-3-4-12-13(17)5-2-6-14(12)19;/h2,5-8,10H,3-4,9,17H2,1H3;1H. The van der Waals surface area contributed by atoms with Crippen molar-refractivity contribution in [2.24, 2.45) is 7.05 Å². The molecule has 2 N–H and O–H groups in total. The summed E-state index contributed by atoms with van der Waals surface area (Å²) in [5.74, 6) is -0.0999. The summed E-state index contributed by atoms with van der Waals surface area (Å²) < 4.78 is 1.41. The number of rotatable bonds is 1. The number of hydrogen-bond donors (Lipinski definition) is 1. The van der Waals surface area contributed by atoms with E-state index >= 15 is 0 Å². The molecule has 1 aliphatic rings. The second-order valence-corrected chi connectivity index (χ2v) is 5.27. The van der Waals surface area contributed by atoms with Crippen LogP contribution in [0.4, 0.5) is 11.4 Å². The van der Waals surface area contributed by atoms with Crippen molar-refractivity contribution in [3.05, 3.63) is 58.0 Å². The van der Waals surface area contributed by atoms with E-state index in [0.717, 1.165) is 29.8 Å². The smallest absolute Gasteiger partial charge is 0.259 e. The van der Waals surface area contributed by atoms with Gasteiger partial charge in [-0.05, 0) is 36.6 Å². The molecule has 0 spiro atoms. The Morgan fingerprint density at radius 3 is 2.73 bits per heavy atom. The number of aryl methyl sites for hydroxylation is 1. The van der Waals surface area contributed by atoms with Gasteiger partial charge in [0.15, 0.2) is 0 Å². The second kappa shape index (κ2) is 6.23. The van der Waals surface area contributed by atoms with E-state index in [1.165, 1.54) is 10.6 Å². The number of nitrogens with two attached hydrogens (primary N) is 1. The van der Waals surface area contributed by atoms with Crippen LogP contribution in [0.1, 0.15) is 22.3 Å². The van der Waals surface area contributed by atoms with Crippen LogP contribution in [-0.4, -0.2) is 17.0 Å². The largest absolute Gasteiger partial charge is 0.398 e. The molecule has 0 bridgehead atoms. The first kappa shape index (κ1) is 16.1. The number of anilines is 2. The first-order valence-electron chi connectivity index (χ1n) is 6.94. The Morgan fingerprint density at radius 2 is 2.00 bits per heavy atom. The normalized spacial score (nSPS) is 13.2. The highest BCUT2D eigenvalue weighted by molar-refractivity contribution is 6.06. The van der Waals surface area contributed by atoms with Gasteiger partial charge in [0.2, 0.25) is 5.56 Å². The van der Waals surface area contributed by atoms with Crippen LogP contribution < -0.4 is 16.2 Å². The summed E-state index contributed by atoms with van der Waals surface area (Å²) in [6.45, 7) is 0.665. The van der Waals surface area contributed by atoms with Crippen molar-refractivity contribution in [1.82, 2.24) is 4.57 Å². The molecule has 1 aliphatic heterocycles. The van der Waals surface area contributed by atoms with Crippen LogP contribution in [0, 0.1) is 0 Å². The maximum Gasteiger partial charge on any atom is 0.259 e. The zero-order chi connectivity index (χ0) is 15.0. The Hall–Kier alpha value is -2.27. The minimum Gasteiger partial charge on any atom is -0.398 e. The van der Waals surface area contributed by atoms with E-state index in [1.807, 2.05) is 18.2 Å². The number of aromatic nitrogens is 1. The zero-order valence-electron chi connectivity index (χ0n) is 12.3. The van der Waals surface area contributed by atoms with Crippen molar-refractivity contribution in [2.75, 3.05) is 17.2 Å². The molecular weight excluding hydrogens is 302 g/mol. The van der Waals surface area contributed by atoms with Crippen molar-refractivity contribution in [2.45, 2.75) is 12.8 Å². The average molecular weight is 320 g/mol. The van der Waals surface area contributed by atoms with Crippen LogP contribution in [0.5, 0.6) is 0 Å². The fourth-order valence-corrected chi connectivity index (χ4v) is 2.74. The number of benzene rings is 1. The molecule has 1 amide bonds. The second-order valence-electron chi connectivity index (χ2n) is 5.27. The number of carbonyl (C=O) groups is 1. The molecule has 2 heterocycles. The molecule has 0 saturated carbocycles. The van der Waals surface area contributed by atoms with Gasteiger partial charge in [-0.15, -0.1) is 12.4 Å². The van der Waals surface area contributed by atoms with Crippen molar-refractivity contribution in [3.63, 3.8) is 0 Å². The number of nitrogens with zero attached hydrogens (tertiary/aromatic N) is 2. The van der Waals surface area contributed by atoms with E-state index in [9.17, 15) is 9.59 Å². The van der Waals surface area contributed by atoms with Crippen LogP contribution in [0.25, 0.3) is 0 Å². The molecule has 0 fully saturated rings. The maximum atomic E-state index is 12.7. The van der Waals surface area contributed by atoms with Gasteiger partial charge < -0.3 is 15.2 Å². The number of pyridine rings is 1. The third-order valence-corrected chi connectivity index (χ3v) is 3.86. The van der Waals surface area contributed by atoms with Gasteiger partial charge in [-0.1, -0.05) is 6.07 Å². The number of nitrogen functional groups attached to an aromatic ring is 1. The molecule has 5 nitrogen and oxygen atoms in total. The lowest BCUT2D eigenvalue weighted by Gasteiger charge is -2.30. The fraction of sp³-hybridized carbons (Fsp3) is 0.250. The SMILES string of the molecule is Cl.Cn1cc(C(=O)N2CCCc3c(N)cccc32)ccc1=O. The van der Waals surface area contributed by atoms with Crippen molar-refractivity contribution >= 4 is 29.7 Å². The highest BCUT2D eigenvalue weighted by Gasteiger charge is 2.24. The summed E-state index contributed by atoms with van der Waals surface area (Å²) in [5.41, 5.74) is 9.01. The van der Waals surface area contributed by atoms with Gasteiger partial charge in [0.25, 0.3) is 5.91 Å². The Morgan fingerprint density at radius 1 is 1.23 bits per heavy atom. The molecular formula is C16H18ClN3O2. The molecule has 1 aromatic carbocycles. The zero-order valence-corrected chi connectivity index (χ0v) is 13.1. The van der Waals surface area contributed by atoms with Gasteiger partial charge in [-0.25, -0.2) is 0 Å². The van der Waals surface area contributed by atoms with Gasteiger partial charge in [-0.3, -0.25) is 9.59 Å². The van der Waals surface area contributed by atoms with Gasteiger partial charge in [0, 0.05) is 37.2 Å². The van der Waals surface area contributed by atoms with E-state index < -0.39 is 0 Å². The molecule has 116 valence electrons. The molecule has 0 aliphatic carbocycles. The highest BCUT2D eigenvalue weighted by atomic mass is 35.5. The number of hydrogen-bond acceptors (Lipinski definition) is 3. The number of carbonyl (C=O) groups excluding carboxylic acids is 1. The predicted octanol–water partition coefficient (Wildman–Crippen LogP) is 1.98. The molecule has 0 unspecified atom stereocenters. The van der Waals surface area contributed by atoms with Gasteiger partial charge in [0.1, 0.15) is 0 Å². The molecule has 0 radical (unpaired) electrons. The number of amides is 1. The van der Waals surface area contributed by atoms with E-state index in [4.69, 9.17) is 5.73 Å². The summed E-state index contributed by atoms with van der Waals surface area (Å²) >= 11 is 0. The number of halogens is 1. The van der Waals surface area contributed by atoms with E-state index in [1.54, 1.807) is 24.2 Å². The molecule has 6 heteroatoms. The third-order valence-electron chi connectivity index (χ3n) is 3.86. The summed E-state index contributed by atoms with van der Waals surface area (Å²) in [4.78, 5) is 25.9. The lowest BCUT2D eigenvalue weighted by Crippen LogP contribution is -2.36.